The highest BCUT2D eigenvalue weighted by Gasteiger charge is 2.27. The van der Waals surface area contributed by atoms with Crippen LogP contribution in [0.3, 0.4) is 0 Å². The van der Waals surface area contributed by atoms with E-state index in [0.29, 0.717) is 25.6 Å². The summed E-state index contributed by atoms with van der Waals surface area (Å²) in [4.78, 5) is 5.85. The lowest BCUT2D eigenvalue weighted by atomic mass is 10.2. The Balaban J connectivity index is 1.57. The van der Waals surface area contributed by atoms with Crippen molar-refractivity contribution in [3.8, 4) is 0 Å². The fourth-order valence-electron chi connectivity index (χ4n) is 3.09. The molecule has 0 saturated carbocycles. The van der Waals surface area contributed by atoms with Gasteiger partial charge in [0.25, 0.3) is 0 Å². The number of nitrogens with zero attached hydrogens (tertiary/aromatic N) is 2. The molecule has 1 heterocycles. The molecular formula is C19H21F3N4. The van der Waals surface area contributed by atoms with Crippen molar-refractivity contribution in [1.82, 2.24) is 10.6 Å². The molecule has 26 heavy (non-hydrogen) atoms. The first-order chi connectivity index (χ1) is 12.6. The van der Waals surface area contributed by atoms with Crippen molar-refractivity contribution in [2.45, 2.75) is 19.0 Å². The SMILES string of the molecule is CN=C(NCc1cccc(F)c1)NC1CCN(c2c(F)cccc2F)C1. The zero-order chi connectivity index (χ0) is 18.5. The van der Waals surface area contributed by atoms with Crippen molar-refractivity contribution in [3.05, 3.63) is 65.5 Å². The molecule has 2 aromatic rings. The van der Waals surface area contributed by atoms with E-state index in [2.05, 4.69) is 15.6 Å². The molecule has 7 heteroatoms. The molecular weight excluding hydrogens is 341 g/mol. The molecule has 1 atom stereocenters. The molecule has 0 amide bonds. The van der Waals surface area contributed by atoms with Crippen molar-refractivity contribution in [1.29, 1.82) is 0 Å². The van der Waals surface area contributed by atoms with Crippen LogP contribution in [-0.2, 0) is 6.54 Å². The summed E-state index contributed by atoms with van der Waals surface area (Å²) >= 11 is 0. The zero-order valence-corrected chi connectivity index (χ0v) is 14.5. The molecule has 1 aliphatic rings. The van der Waals surface area contributed by atoms with Gasteiger partial charge in [-0.25, -0.2) is 13.2 Å². The molecule has 0 aliphatic carbocycles. The Morgan fingerprint density at radius 3 is 2.58 bits per heavy atom. The average Bonchev–Trinajstić information content (AvgIpc) is 3.06. The second-order valence-electron chi connectivity index (χ2n) is 6.20. The Morgan fingerprint density at radius 1 is 1.15 bits per heavy atom. The Bertz CT molecular complexity index is 774. The number of rotatable bonds is 4. The molecule has 0 radical (unpaired) electrons. The standard InChI is InChI=1S/C19H21F3N4/c1-23-19(24-11-13-4-2-5-14(20)10-13)25-15-8-9-26(12-15)18-16(21)6-3-7-17(18)22/h2-7,10,15H,8-9,11-12H2,1H3,(H2,23,24,25). The third-order valence-corrected chi connectivity index (χ3v) is 4.36. The molecule has 2 aromatic carbocycles. The van der Waals surface area contributed by atoms with E-state index in [0.717, 1.165) is 12.0 Å². The third kappa shape index (κ3) is 4.28. The van der Waals surface area contributed by atoms with E-state index in [1.165, 1.54) is 30.3 Å². The van der Waals surface area contributed by atoms with Gasteiger partial charge < -0.3 is 15.5 Å². The Morgan fingerprint density at radius 2 is 1.88 bits per heavy atom. The molecule has 1 unspecified atom stereocenters. The average molecular weight is 362 g/mol. The highest BCUT2D eigenvalue weighted by Crippen LogP contribution is 2.26. The quantitative estimate of drug-likeness (QED) is 0.649. The van der Waals surface area contributed by atoms with Crippen LogP contribution in [0.5, 0.6) is 0 Å². The van der Waals surface area contributed by atoms with Gasteiger partial charge in [-0.2, -0.15) is 0 Å². The Kier molecular flexibility index (Phi) is 5.65. The normalized spacial score (nSPS) is 17.5. The summed E-state index contributed by atoms with van der Waals surface area (Å²) in [5.41, 5.74) is 0.814. The summed E-state index contributed by atoms with van der Waals surface area (Å²) in [5.74, 6) is -0.834. The fourth-order valence-corrected chi connectivity index (χ4v) is 3.09. The Hall–Kier alpha value is -2.70. The van der Waals surface area contributed by atoms with Gasteiger partial charge in [0.05, 0.1) is 0 Å². The number of guanidine groups is 1. The lowest BCUT2D eigenvalue weighted by Crippen LogP contribution is -2.44. The van der Waals surface area contributed by atoms with E-state index in [1.807, 2.05) is 6.07 Å². The molecule has 0 bridgehead atoms. The highest BCUT2D eigenvalue weighted by molar-refractivity contribution is 5.80. The fraction of sp³-hybridized carbons (Fsp3) is 0.316. The molecule has 3 rings (SSSR count). The van der Waals surface area contributed by atoms with E-state index >= 15 is 0 Å². The van der Waals surface area contributed by atoms with Crippen LogP contribution in [0.4, 0.5) is 18.9 Å². The lowest BCUT2D eigenvalue weighted by Gasteiger charge is -2.21. The van der Waals surface area contributed by atoms with Crippen molar-refractivity contribution in [2.75, 3.05) is 25.0 Å². The largest absolute Gasteiger partial charge is 0.365 e. The van der Waals surface area contributed by atoms with Gasteiger partial charge in [0.1, 0.15) is 23.1 Å². The minimum atomic E-state index is -0.556. The van der Waals surface area contributed by atoms with Gasteiger partial charge in [0, 0.05) is 32.7 Å². The van der Waals surface area contributed by atoms with Gasteiger partial charge in [0.15, 0.2) is 5.96 Å². The van der Waals surface area contributed by atoms with Gasteiger partial charge in [0.2, 0.25) is 0 Å². The van der Waals surface area contributed by atoms with Crippen LogP contribution in [0.15, 0.2) is 47.5 Å². The van der Waals surface area contributed by atoms with Crippen LogP contribution in [-0.4, -0.2) is 32.1 Å². The second kappa shape index (κ2) is 8.12. The van der Waals surface area contributed by atoms with E-state index in [-0.39, 0.29) is 17.5 Å². The van der Waals surface area contributed by atoms with E-state index in [9.17, 15) is 13.2 Å². The summed E-state index contributed by atoms with van der Waals surface area (Å²) in [6, 6.07) is 10.2. The Labute approximate surface area is 150 Å². The first kappa shape index (κ1) is 18.1. The van der Waals surface area contributed by atoms with E-state index in [1.54, 1.807) is 18.0 Å². The summed E-state index contributed by atoms with van der Waals surface area (Å²) in [7, 11) is 1.64. The smallest absolute Gasteiger partial charge is 0.191 e. The number of nitrogens with one attached hydrogen (secondary N) is 2. The molecule has 4 nitrogen and oxygen atoms in total. The number of hydrogen-bond acceptors (Lipinski definition) is 2. The molecule has 2 N–H and O–H groups in total. The van der Waals surface area contributed by atoms with Crippen LogP contribution in [0, 0.1) is 17.5 Å². The van der Waals surface area contributed by atoms with Crippen LogP contribution < -0.4 is 15.5 Å². The van der Waals surface area contributed by atoms with E-state index in [4.69, 9.17) is 0 Å². The number of benzene rings is 2. The van der Waals surface area contributed by atoms with Crippen LogP contribution in [0.25, 0.3) is 0 Å². The minimum Gasteiger partial charge on any atom is -0.365 e. The van der Waals surface area contributed by atoms with E-state index < -0.39 is 11.6 Å². The van der Waals surface area contributed by atoms with Crippen LogP contribution in [0.1, 0.15) is 12.0 Å². The van der Waals surface area contributed by atoms with Gasteiger partial charge in [-0.1, -0.05) is 18.2 Å². The molecule has 138 valence electrons. The van der Waals surface area contributed by atoms with Crippen LogP contribution in [0.2, 0.25) is 0 Å². The number of halogens is 3. The second-order valence-corrected chi connectivity index (χ2v) is 6.20. The maximum Gasteiger partial charge on any atom is 0.191 e. The molecule has 1 aliphatic heterocycles. The number of aliphatic imine (C=N–C) groups is 1. The van der Waals surface area contributed by atoms with Crippen molar-refractivity contribution in [3.63, 3.8) is 0 Å². The summed E-state index contributed by atoms with van der Waals surface area (Å²) in [6.45, 7) is 1.45. The summed E-state index contributed by atoms with van der Waals surface area (Å²) in [5, 5.41) is 6.37. The van der Waals surface area contributed by atoms with Crippen molar-refractivity contribution < 1.29 is 13.2 Å². The van der Waals surface area contributed by atoms with Gasteiger partial charge in [-0.3, -0.25) is 4.99 Å². The lowest BCUT2D eigenvalue weighted by molar-refractivity contribution is 0.575. The van der Waals surface area contributed by atoms with Gasteiger partial charge in [-0.15, -0.1) is 0 Å². The number of hydrogen-bond donors (Lipinski definition) is 2. The maximum atomic E-state index is 13.9. The van der Waals surface area contributed by atoms with Crippen LogP contribution >= 0.6 is 0 Å². The van der Waals surface area contributed by atoms with Gasteiger partial charge in [-0.05, 0) is 36.2 Å². The number of para-hydroxylation sites is 1. The monoisotopic (exact) mass is 362 g/mol. The third-order valence-electron chi connectivity index (χ3n) is 4.36. The molecule has 1 fully saturated rings. The van der Waals surface area contributed by atoms with Crippen molar-refractivity contribution >= 4 is 11.6 Å². The summed E-state index contributed by atoms with van der Waals surface area (Å²) < 4.78 is 41.1. The van der Waals surface area contributed by atoms with Gasteiger partial charge >= 0.3 is 0 Å². The molecule has 1 saturated heterocycles. The van der Waals surface area contributed by atoms with Crippen molar-refractivity contribution in [2.24, 2.45) is 4.99 Å². The first-order valence-electron chi connectivity index (χ1n) is 8.47. The highest BCUT2D eigenvalue weighted by atomic mass is 19.1. The maximum absolute atomic E-state index is 13.9. The summed E-state index contributed by atoms with van der Waals surface area (Å²) in [6.07, 6.45) is 0.731. The zero-order valence-electron chi connectivity index (χ0n) is 14.5. The molecule has 0 spiro atoms. The first-order valence-corrected chi connectivity index (χ1v) is 8.47. The topological polar surface area (TPSA) is 39.7 Å². The predicted molar refractivity (Wildman–Crippen MR) is 96.7 cm³/mol. The minimum absolute atomic E-state index is 0.00714. The number of anilines is 1. The predicted octanol–water partition coefficient (Wildman–Crippen LogP) is 3.05. The molecule has 0 aromatic heterocycles.